The minimum atomic E-state index is 0.406. The van der Waals surface area contributed by atoms with Crippen LogP contribution in [0.5, 0.6) is 0 Å². The highest BCUT2D eigenvalue weighted by Gasteiger charge is 2.34. The molecule has 6 rings (SSSR count). The molecule has 0 amide bonds. The zero-order valence-electron chi connectivity index (χ0n) is 13.2. The summed E-state index contributed by atoms with van der Waals surface area (Å²) < 4.78 is 12.2. The molecule has 0 aliphatic carbocycles. The Bertz CT molecular complexity index is 845. The Morgan fingerprint density at radius 3 is 2.65 bits per heavy atom. The Labute approximate surface area is 135 Å². The van der Waals surface area contributed by atoms with Gasteiger partial charge in [-0.25, -0.2) is 0 Å². The van der Waals surface area contributed by atoms with Crippen molar-refractivity contribution >= 4 is 21.9 Å². The molecule has 3 aromatic rings. The second-order valence-corrected chi connectivity index (χ2v) is 6.92. The number of hydrogen-bond acceptors (Lipinski definition) is 3. The van der Waals surface area contributed by atoms with Crippen molar-refractivity contribution in [3.8, 4) is 0 Å². The Balaban J connectivity index is 1.37. The van der Waals surface area contributed by atoms with Gasteiger partial charge in [-0.3, -0.25) is 0 Å². The van der Waals surface area contributed by atoms with Gasteiger partial charge in [0, 0.05) is 17.3 Å². The van der Waals surface area contributed by atoms with E-state index in [0.717, 1.165) is 23.6 Å². The van der Waals surface area contributed by atoms with Crippen LogP contribution in [-0.2, 0) is 11.3 Å². The lowest BCUT2D eigenvalue weighted by atomic mass is 9.86. The molecule has 3 aliphatic rings. The largest absolute Gasteiger partial charge is 0.456 e. The van der Waals surface area contributed by atoms with Crippen LogP contribution in [0.25, 0.3) is 21.9 Å². The maximum atomic E-state index is 6.24. The first-order valence-electron chi connectivity index (χ1n) is 8.61. The predicted octanol–water partition coefficient (Wildman–Crippen LogP) is 4.20. The number of nitrogens with zero attached hydrogens (tertiary/aromatic N) is 1. The number of furan rings is 1. The maximum absolute atomic E-state index is 6.24. The lowest BCUT2D eigenvalue weighted by Gasteiger charge is -2.44. The molecule has 118 valence electrons. The summed E-state index contributed by atoms with van der Waals surface area (Å²) in [6.07, 6.45) is 3.00. The SMILES string of the molecule is c1ccc2c(c1)oc1cc(COC3CN4CCC3CC4)ccc12. The number of hydrogen-bond donors (Lipinski definition) is 0. The smallest absolute Gasteiger partial charge is 0.135 e. The topological polar surface area (TPSA) is 25.6 Å². The van der Waals surface area contributed by atoms with Gasteiger partial charge in [-0.2, -0.15) is 0 Å². The number of ether oxygens (including phenoxy) is 1. The van der Waals surface area contributed by atoms with Gasteiger partial charge in [0.2, 0.25) is 0 Å². The third-order valence-corrected chi connectivity index (χ3v) is 5.50. The Kier molecular flexibility index (Phi) is 3.17. The van der Waals surface area contributed by atoms with Crippen molar-refractivity contribution in [1.82, 2.24) is 4.90 Å². The molecular weight excluding hydrogens is 286 g/mol. The molecule has 0 N–H and O–H groups in total. The Hall–Kier alpha value is -1.84. The van der Waals surface area contributed by atoms with E-state index in [1.165, 1.54) is 42.3 Å². The van der Waals surface area contributed by atoms with Crippen LogP contribution in [0.2, 0.25) is 0 Å². The van der Waals surface area contributed by atoms with Gasteiger partial charge >= 0.3 is 0 Å². The molecule has 2 aromatic carbocycles. The van der Waals surface area contributed by atoms with E-state index in [1.54, 1.807) is 0 Å². The standard InChI is InChI=1S/C20H21NO2/c1-2-4-18-16(3-1)17-6-5-14(11-19(17)23-18)13-22-20-12-21-9-7-15(20)8-10-21/h1-6,11,15,20H,7-10,12-13H2. The fourth-order valence-electron chi connectivity index (χ4n) is 4.16. The van der Waals surface area contributed by atoms with Gasteiger partial charge in [0.15, 0.2) is 0 Å². The molecule has 1 aromatic heterocycles. The van der Waals surface area contributed by atoms with Crippen LogP contribution in [0, 0.1) is 5.92 Å². The normalized spacial score (nSPS) is 27.0. The molecule has 3 nitrogen and oxygen atoms in total. The highest BCUT2D eigenvalue weighted by atomic mass is 16.5. The van der Waals surface area contributed by atoms with E-state index in [1.807, 2.05) is 12.1 Å². The first-order valence-corrected chi connectivity index (χ1v) is 8.61. The minimum absolute atomic E-state index is 0.406. The van der Waals surface area contributed by atoms with Crippen LogP contribution in [0.4, 0.5) is 0 Å². The quantitative estimate of drug-likeness (QED) is 0.725. The minimum Gasteiger partial charge on any atom is -0.456 e. The van der Waals surface area contributed by atoms with Crippen molar-refractivity contribution in [3.63, 3.8) is 0 Å². The third-order valence-electron chi connectivity index (χ3n) is 5.50. The molecule has 3 heteroatoms. The first-order chi connectivity index (χ1) is 11.4. The van der Waals surface area contributed by atoms with Crippen molar-refractivity contribution in [2.75, 3.05) is 19.6 Å². The first kappa shape index (κ1) is 13.6. The lowest BCUT2D eigenvalue weighted by Crippen LogP contribution is -2.51. The summed E-state index contributed by atoms with van der Waals surface area (Å²) in [6.45, 7) is 4.31. The van der Waals surface area contributed by atoms with E-state index in [0.29, 0.717) is 12.7 Å². The van der Waals surface area contributed by atoms with Gasteiger partial charge in [-0.15, -0.1) is 0 Å². The highest BCUT2D eigenvalue weighted by Crippen LogP contribution is 2.31. The average molecular weight is 307 g/mol. The summed E-state index contributed by atoms with van der Waals surface area (Å²) in [5.74, 6) is 0.759. The van der Waals surface area contributed by atoms with Gasteiger partial charge in [-0.1, -0.05) is 30.3 Å². The van der Waals surface area contributed by atoms with Gasteiger partial charge in [0.25, 0.3) is 0 Å². The van der Waals surface area contributed by atoms with E-state index in [-0.39, 0.29) is 0 Å². The van der Waals surface area contributed by atoms with E-state index in [4.69, 9.17) is 9.15 Å². The zero-order valence-corrected chi connectivity index (χ0v) is 13.2. The summed E-state index contributed by atoms with van der Waals surface area (Å²) in [5, 5.41) is 2.37. The molecule has 3 fully saturated rings. The predicted molar refractivity (Wildman–Crippen MR) is 91.5 cm³/mol. The summed E-state index contributed by atoms with van der Waals surface area (Å²) in [7, 11) is 0. The summed E-state index contributed by atoms with van der Waals surface area (Å²) in [6, 6.07) is 14.7. The van der Waals surface area contributed by atoms with Crippen molar-refractivity contribution in [3.05, 3.63) is 48.0 Å². The monoisotopic (exact) mass is 307 g/mol. The van der Waals surface area contributed by atoms with Gasteiger partial charge in [-0.05, 0) is 49.5 Å². The van der Waals surface area contributed by atoms with E-state index < -0.39 is 0 Å². The molecule has 1 unspecified atom stereocenters. The zero-order chi connectivity index (χ0) is 15.2. The number of fused-ring (bicyclic) bond motifs is 6. The molecule has 1 atom stereocenters. The van der Waals surface area contributed by atoms with Crippen molar-refractivity contribution in [2.45, 2.75) is 25.6 Å². The van der Waals surface area contributed by atoms with Crippen LogP contribution in [-0.4, -0.2) is 30.6 Å². The average Bonchev–Trinajstić information content (AvgIpc) is 2.99. The molecule has 0 spiro atoms. The van der Waals surface area contributed by atoms with Crippen molar-refractivity contribution in [2.24, 2.45) is 5.92 Å². The van der Waals surface area contributed by atoms with Crippen LogP contribution in [0.1, 0.15) is 18.4 Å². The van der Waals surface area contributed by atoms with E-state index in [9.17, 15) is 0 Å². The second-order valence-electron chi connectivity index (χ2n) is 6.92. The number of para-hydroxylation sites is 1. The highest BCUT2D eigenvalue weighted by molar-refractivity contribution is 6.04. The molecule has 4 heterocycles. The van der Waals surface area contributed by atoms with Crippen LogP contribution in [0.3, 0.4) is 0 Å². The van der Waals surface area contributed by atoms with Crippen LogP contribution >= 0.6 is 0 Å². The second kappa shape index (κ2) is 5.36. The molecular formula is C20H21NO2. The Morgan fingerprint density at radius 2 is 1.83 bits per heavy atom. The fourth-order valence-corrected chi connectivity index (χ4v) is 4.16. The third kappa shape index (κ3) is 2.35. The fraction of sp³-hybridized carbons (Fsp3) is 0.400. The molecule has 3 aliphatic heterocycles. The van der Waals surface area contributed by atoms with Crippen molar-refractivity contribution < 1.29 is 9.15 Å². The van der Waals surface area contributed by atoms with Crippen LogP contribution < -0.4 is 0 Å². The van der Waals surface area contributed by atoms with Gasteiger partial charge < -0.3 is 14.1 Å². The Morgan fingerprint density at radius 1 is 1.00 bits per heavy atom. The van der Waals surface area contributed by atoms with Crippen molar-refractivity contribution in [1.29, 1.82) is 0 Å². The number of rotatable bonds is 3. The van der Waals surface area contributed by atoms with E-state index in [2.05, 4.69) is 35.2 Å². The molecule has 2 bridgehead atoms. The van der Waals surface area contributed by atoms with E-state index >= 15 is 0 Å². The summed E-state index contributed by atoms with van der Waals surface area (Å²) >= 11 is 0. The molecule has 0 radical (unpaired) electrons. The number of piperidine rings is 3. The molecule has 3 saturated heterocycles. The molecule has 0 saturated carbocycles. The summed E-state index contributed by atoms with van der Waals surface area (Å²) in [4.78, 5) is 2.53. The van der Waals surface area contributed by atoms with Gasteiger partial charge in [0.05, 0.1) is 12.7 Å². The van der Waals surface area contributed by atoms with Gasteiger partial charge in [0.1, 0.15) is 11.2 Å². The maximum Gasteiger partial charge on any atom is 0.135 e. The molecule has 23 heavy (non-hydrogen) atoms. The van der Waals surface area contributed by atoms with Crippen LogP contribution in [0.15, 0.2) is 46.9 Å². The summed E-state index contributed by atoms with van der Waals surface area (Å²) in [5.41, 5.74) is 3.12. The number of benzene rings is 2. The lowest BCUT2D eigenvalue weighted by molar-refractivity contribution is -0.0765.